The van der Waals surface area contributed by atoms with Gasteiger partial charge in [0.05, 0.1) is 10.6 Å². The number of nitrogens with one attached hydrogen (secondary N) is 1. The van der Waals surface area contributed by atoms with Gasteiger partial charge in [0.1, 0.15) is 12.6 Å². The molecule has 0 saturated heterocycles. The van der Waals surface area contributed by atoms with Crippen LogP contribution in [-0.4, -0.2) is 44.3 Å². The van der Waals surface area contributed by atoms with Crippen LogP contribution in [0.4, 0.5) is 5.69 Å². The second-order valence-corrected chi connectivity index (χ2v) is 11.8. The fraction of sp³-hybridized carbons (Fsp3) is 0.333. The maximum absolute atomic E-state index is 14.0. The third-order valence-corrected chi connectivity index (χ3v) is 8.46. The fourth-order valence-corrected chi connectivity index (χ4v) is 6.02. The molecule has 3 rings (SSSR count). The van der Waals surface area contributed by atoms with Gasteiger partial charge in [-0.05, 0) is 68.1 Å². The van der Waals surface area contributed by atoms with Gasteiger partial charge in [0.15, 0.2) is 0 Å². The first kappa shape index (κ1) is 30.2. The van der Waals surface area contributed by atoms with Crippen LogP contribution in [0.2, 0.25) is 5.02 Å². The maximum Gasteiger partial charge on any atom is 0.264 e. The van der Waals surface area contributed by atoms with E-state index in [4.69, 9.17) is 11.6 Å². The van der Waals surface area contributed by atoms with E-state index >= 15 is 0 Å². The van der Waals surface area contributed by atoms with Crippen LogP contribution in [0.15, 0.2) is 77.7 Å². The Labute approximate surface area is 236 Å². The zero-order valence-electron chi connectivity index (χ0n) is 22.9. The van der Waals surface area contributed by atoms with E-state index in [-0.39, 0.29) is 17.3 Å². The number of carbonyl (C=O) groups is 2. The summed E-state index contributed by atoms with van der Waals surface area (Å²) >= 11 is 6.06. The SMILES string of the molecule is CCCNC(=O)C(CC)N(Cc1ccc(Cl)cc1)C(=O)CN(c1ccc(C)cc1C)S(=O)(=O)c1ccccc1. The second kappa shape index (κ2) is 13.6. The van der Waals surface area contributed by atoms with Crippen LogP contribution in [0.5, 0.6) is 0 Å². The van der Waals surface area contributed by atoms with Crippen LogP contribution < -0.4 is 9.62 Å². The van der Waals surface area contributed by atoms with Gasteiger partial charge >= 0.3 is 0 Å². The van der Waals surface area contributed by atoms with Crippen LogP contribution in [-0.2, 0) is 26.2 Å². The lowest BCUT2D eigenvalue weighted by molar-refractivity contribution is -0.140. The van der Waals surface area contributed by atoms with Gasteiger partial charge < -0.3 is 10.2 Å². The summed E-state index contributed by atoms with van der Waals surface area (Å²) in [5.74, 6) is -0.756. The smallest absolute Gasteiger partial charge is 0.264 e. The Balaban J connectivity index is 2.07. The highest BCUT2D eigenvalue weighted by Gasteiger charge is 2.34. The van der Waals surface area contributed by atoms with Crippen molar-refractivity contribution in [2.75, 3.05) is 17.4 Å². The average molecular weight is 570 g/mol. The molecule has 0 saturated carbocycles. The molecule has 0 fully saturated rings. The van der Waals surface area contributed by atoms with Crippen molar-refractivity contribution < 1.29 is 18.0 Å². The Morgan fingerprint density at radius 2 is 1.62 bits per heavy atom. The number of benzene rings is 3. The summed E-state index contributed by atoms with van der Waals surface area (Å²) < 4.78 is 28.9. The quantitative estimate of drug-likeness (QED) is 0.313. The molecule has 9 heteroatoms. The van der Waals surface area contributed by atoms with Crippen LogP contribution >= 0.6 is 11.6 Å². The molecule has 0 aliphatic carbocycles. The number of carbonyl (C=O) groups excluding carboxylic acids is 2. The summed E-state index contributed by atoms with van der Waals surface area (Å²) in [6.07, 6.45) is 1.12. The maximum atomic E-state index is 14.0. The molecule has 2 amide bonds. The van der Waals surface area contributed by atoms with Crippen molar-refractivity contribution >= 4 is 39.1 Å². The molecule has 3 aromatic rings. The van der Waals surface area contributed by atoms with Crippen molar-refractivity contribution in [3.05, 3.63) is 94.5 Å². The Morgan fingerprint density at radius 1 is 0.949 bits per heavy atom. The van der Waals surface area contributed by atoms with Gasteiger partial charge in [-0.3, -0.25) is 13.9 Å². The topological polar surface area (TPSA) is 86.8 Å². The van der Waals surface area contributed by atoms with E-state index in [2.05, 4.69) is 5.32 Å². The van der Waals surface area contributed by atoms with E-state index in [1.807, 2.05) is 39.8 Å². The molecule has 0 aliphatic heterocycles. The Hall–Kier alpha value is -3.36. The molecular weight excluding hydrogens is 534 g/mol. The molecule has 0 heterocycles. The predicted molar refractivity (Wildman–Crippen MR) is 156 cm³/mol. The lowest BCUT2D eigenvalue weighted by Crippen LogP contribution is -2.52. The summed E-state index contributed by atoms with van der Waals surface area (Å²) in [7, 11) is -4.10. The molecule has 0 aromatic heterocycles. The van der Waals surface area contributed by atoms with E-state index in [1.54, 1.807) is 48.5 Å². The number of aryl methyl sites for hydroxylation is 2. The molecule has 1 unspecified atom stereocenters. The van der Waals surface area contributed by atoms with Crippen molar-refractivity contribution in [1.82, 2.24) is 10.2 Å². The number of sulfonamides is 1. The van der Waals surface area contributed by atoms with Gasteiger partial charge in [0, 0.05) is 18.1 Å². The minimum atomic E-state index is -4.10. The van der Waals surface area contributed by atoms with Crippen LogP contribution in [0.25, 0.3) is 0 Å². The number of rotatable bonds is 12. The number of hydrogen-bond acceptors (Lipinski definition) is 4. The third-order valence-electron chi connectivity index (χ3n) is 6.43. The molecule has 1 atom stereocenters. The molecule has 39 heavy (non-hydrogen) atoms. The molecule has 208 valence electrons. The van der Waals surface area contributed by atoms with Gasteiger partial charge in [0.25, 0.3) is 10.0 Å². The summed E-state index contributed by atoms with van der Waals surface area (Å²) in [4.78, 5) is 28.7. The fourth-order valence-electron chi connectivity index (χ4n) is 4.39. The average Bonchev–Trinajstić information content (AvgIpc) is 2.92. The molecule has 1 N–H and O–H groups in total. The first-order chi connectivity index (χ1) is 18.6. The molecular formula is C30H36ClN3O4S. The lowest BCUT2D eigenvalue weighted by atomic mass is 10.1. The van der Waals surface area contributed by atoms with Gasteiger partial charge in [-0.25, -0.2) is 8.42 Å². The molecule has 0 aliphatic rings. The zero-order chi connectivity index (χ0) is 28.6. The van der Waals surface area contributed by atoms with Gasteiger partial charge in [-0.1, -0.05) is 73.5 Å². The van der Waals surface area contributed by atoms with Crippen molar-refractivity contribution in [3.8, 4) is 0 Å². The zero-order valence-corrected chi connectivity index (χ0v) is 24.4. The molecule has 0 spiro atoms. The lowest BCUT2D eigenvalue weighted by Gasteiger charge is -2.33. The van der Waals surface area contributed by atoms with E-state index in [9.17, 15) is 18.0 Å². The highest BCUT2D eigenvalue weighted by molar-refractivity contribution is 7.92. The first-order valence-electron chi connectivity index (χ1n) is 13.0. The Bertz CT molecular complexity index is 1380. The minimum absolute atomic E-state index is 0.0785. The minimum Gasteiger partial charge on any atom is -0.354 e. The first-order valence-corrected chi connectivity index (χ1v) is 14.9. The highest BCUT2D eigenvalue weighted by Crippen LogP contribution is 2.28. The predicted octanol–water partition coefficient (Wildman–Crippen LogP) is 5.49. The van der Waals surface area contributed by atoms with Crippen LogP contribution in [0.1, 0.15) is 43.4 Å². The number of nitrogens with zero attached hydrogens (tertiary/aromatic N) is 2. The van der Waals surface area contributed by atoms with E-state index in [1.165, 1.54) is 17.0 Å². The number of hydrogen-bond donors (Lipinski definition) is 1. The van der Waals surface area contributed by atoms with E-state index in [0.29, 0.717) is 23.7 Å². The van der Waals surface area contributed by atoms with Crippen molar-refractivity contribution in [2.45, 2.75) is 58.0 Å². The summed E-state index contributed by atoms with van der Waals surface area (Å²) in [6, 6.07) is 19.7. The van der Waals surface area contributed by atoms with Gasteiger partial charge in [-0.15, -0.1) is 0 Å². The third kappa shape index (κ3) is 7.61. The molecule has 3 aromatic carbocycles. The summed E-state index contributed by atoms with van der Waals surface area (Å²) in [6.45, 7) is 7.67. The largest absolute Gasteiger partial charge is 0.354 e. The monoisotopic (exact) mass is 569 g/mol. The summed E-state index contributed by atoms with van der Waals surface area (Å²) in [5.41, 5.74) is 2.88. The van der Waals surface area contributed by atoms with Crippen LogP contribution in [0.3, 0.4) is 0 Å². The van der Waals surface area contributed by atoms with Gasteiger partial charge in [0.2, 0.25) is 11.8 Å². The summed E-state index contributed by atoms with van der Waals surface area (Å²) in [5, 5.41) is 3.44. The number of anilines is 1. The van der Waals surface area contributed by atoms with Crippen LogP contribution in [0, 0.1) is 13.8 Å². The van der Waals surface area contributed by atoms with Crippen molar-refractivity contribution in [1.29, 1.82) is 0 Å². The molecule has 0 bridgehead atoms. The highest BCUT2D eigenvalue weighted by atomic mass is 35.5. The number of amides is 2. The van der Waals surface area contributed by atoms with Crippen molar-refractivity contribution in [2.24, 2.45) is 0 Å². The second-order valence-electron chi connectivity index (χ2n) is 9.48. The van der Waals surface area contributed by atoms with E-state index in [0.717, 1.165) is 27.4 Å². The van der Waals surface area contributed by atoms with Gasteiger partial charge in [-0.2, -0.15) is 0 Å². The van der Waals surface area contributed by atoms with E-state index < -0.39 is 28.5 Å². The Kier molecular flexibility index (Phi) is 10.5. The standard InChI is InChI=1S/C30H36ClN3O4S/c1-5-18-32-30(36)27(6-2)33(20-24-13-15-25(31)16-14-24)29(35)21-34(28-17-12-22(3)19-23(28)4)39(37,38)26-10-8-7-9-11-26/h7-17,19,27H,5-6,18,20-21H2,1-4H3,(H,32,36). The normalized spacial score (nSPS) is 12.0. The van der Waals surface area contributed by atoms with Crippen molar-refractivity contribution in [3.63, 3.8) is 0 Å². The molecule has 7 nitrogen and oxygen atoms in total. The Morgan fingerprint density at radius 3 is 2.21 bits per heavy atom. The number of halogens is 1. The molecule has 0 radical (unpaired) electrons.